The average molecular weight is 320 g/mol. The van der Waals surface area contributed by atoms with E-state index < -0.39 is 0 Å². The summed E-state index contributed by atoms with van der Waals surface area (Å²) < 4.78 is 10.5. The van der Waals surface area contributed by atoms with Crippen molar-refractivity contribution >= 4 is 17.6 Å². The first-order chi connectivity index (χ1) is 10.7. The van der Waals surface area contributed by atoms with Gasteiger partial charge in [0.05, 0.1) is 13.0 Å². The molecule has 0 atom stereocenters. The van der Waals surface area contributed by atoms with E-state index in [9.17, 15) is 4.79 Å². The minimum Gasteiger partial charge on any atom is -0.469 e. The number of aromatic nitrogens is 1. The molecule has 1 saturated carbocycles. The van der Waals surface area contributed by atoms with E-state index in [0.29, 0.717) is 5.02 Å². The molecule has 1 aliphatic carbocycles. The molecule has 116 valence electrons. The molecule has 0 saturated heterocycles. The van der Waals surface area contributed by atoms with Gasteiger partial charge in [0, 0.05) is 16.5 Å². The lowest BCUT2D eigenvalue weighted by molar-refractivity contribution is -0.146. The first kappa shape index (κ1) is 15.1. The van der Waals surface area contributed by atoms with Crippen LogP contribution in [-0.4, -0.2) is 18.1 Å². The van der Waals surface area contributed by atoms with E-state index in [1.54, 1.807) is 6.26 Å². The topological polar surface area (TPSA) is 52.3 Å². The van der Waals surface area contributed by atoms with Crippen molar-refractivity contribution in [1.29, 1.82) is 0 Å². The highest BCUT2D eigenvalue weighted by Gasteiger charge is 2.30. The van der Waals surface area contributed by atoms with Gasteiger partial charge in [-0.15, -0.1) is 0 Å². The Kier molecular flexibility index (Phi) is 4.48. The van der Waals surface area contributed by atoms with Crippen molar-refractivity contribution in [3.63, 3.8) is 0 Å². The van der Waals surface area contributed by atoms with Crippen molar-refractivity contribution in [2.75, 3.05) is 7.11 Å². The maximum atomic E-state index is 11.6. The van der Waals surface area contributed by atoms with Gasteiger partial charge in [-0.05, 0) is 37.8 Å². The standard InChI is InChI=1S/C17H18ClNO3/c1-21-17(20)13-4-2-12(3-5-13)16-19-15(10-22-16)11-6-8-14(18)9-7-11/h6-10,12-13H,2-5H2,1H3. The molecule has 1 aliphatic rings. The maximum Gasteiger partial charge on any atom is 0.308 e. The van der Waals surface area contributed by atoms with Crippen molar-refractivity contribution in [3.8, 4) is 11.3 Å². The normalized spacial score (nSPS) is 21.5. The molecule has 0 amide bonds. The summed E-state index contributed by atoms with van der Waals surface area (Å²) in [4.78, 5) is 16.2. The van der Waals surface area contributed by atoms with Crippen molar-refractivity contribution in [3.05, 3.63) is 41.4 Å². The van der Waals surface area contributed by atoms with Gasteiger partial charge in [0.1, 0.15) is 12.0 Å². The van der Waals surface area contributed by atoms with Crippen LogP contribution in [0.25, 0.3) is 11.3 Å². The first-order valence-corrected chi connectivity index (χ1v) is 7.84. The zero-order valence-corrected chi connectivity index (χ0v) is 13.2. The molecular formula is C17H18ClNO3. The predicted octanol–water partition coefficient (Wildman–Crippen LogP) is 4.44. The molecule has 0 bridgehead atoms. The Labute approximate surface area is 134 Å². The molecule has 0 unspecified atom stereocenters. The number of carbonyl (C=O) groups excluding carboxylic acids is 1. The third-order valence-corrected chi connectivity index (χ3v) is 4.52. The summed E-state index contributed by atoms with van der Waals surface area (Å²) in [5, 5.41) is 0.702. The molecule has 3 rings (SSSR count). The van der Waals surface area contributed by atoms with Gasteiger partial charge in [-0.2, -0.15) is 0 Å². The molecule has 4 nitrogen and oxygen atoms in total. The molecule has 0 radical (unpaired) electrons. The summed E-state index contributed by atoms with van der Waals surface area (Å²) in [6.07, 6.45) is 5.15. The smallest absolute Gasteiger partial charge is 0.308 e. The zero-order chi connectivity index (χ0) is 15.5. The van der Waals surface area contributed by atoms with E-state index in [-0.39, 0.29) is 17.8 Å². The fourth-order valence-electron chi connectivity index (χ4n) is 2.97. The predicted molar refractivity (Wildman–Crippen MR) is 83.7 cm³/mol. The number of nitrogens with zero attached hydrogens (tertiary/aromatic N) is 1. The van der Waals surface area contributed by atoms with E-state index in [2.05, 4.69) is 4.98 Å². The quantitative estimate of drug-likeness (QED) is 0.785. The molecule has 1 heterocycles. The highest BCUT2D eigenvalue weighted by atomic mass is 35.5. The van der Waals surface area contributed by atoms with E-state index in [4.69, 9.17) is 20.8 Å². The molecule has 2 aromatic rings. The largest absolute Gasteiger partial charge is 0.469 e. The van der Waals surface area contributed by atoms with Crippen molar-refractivity contribution < 1.29 is 13.9 Å². The van der Waals surface area contributed by atoms with E-state index in [1.165, 1.54) is 7.11 Å². The van der Waals surface area contributed by atoms with Crippen LogP contribution in [0.3, 0.4) is 0 Å². The molecule has 0 spiro atoms. The summed E-state index contributed by atoms with van der Waals surface area (Å²) in [7, 11) is 1.45. The van der Waals surface area contributed by atoms with Crippen LogP contribution in [0.15, 0.2) is 34.9 Å². The van der Waals surface area contributed by atoms with Gasteiger partial charge in [0.25, 0.3) is 0 Å². The average Bonchev–Trinajstić information content (AvgIpc) is 3.05. The maximum absolute atomic E-state index is 11.6. The Balaban J connectivity index is 1.67. The number of halogens is 1. The lowest BCUT2D eigenvalue weighted by Crippen LogP contribution is -2.22. The number of esters is 1. The SMILES string of the molecule is COC(=O)C1CCC(c2nc(-c3ccc(Cl)cc3)co2)CC1. The molecule has 1 fully saturated rings. The number of benzene rings is 1. The Morgan fingerprint density at radius 2 is 1.91 bits per heavy atom. The Hall–Kier alpha value is -1.81. The Bertz CT molecular complexity index is 642. The van der Waals surface area contributed by atoms with Gasteiger partial charge in [-0.25, -0.2) is 4.98 Å². The second kappa shape index (κ2) is 6.53. The van der Waals surface area contributed by atoms with Crippen LogP contribution in [0, 0.1) is 5.92 Å². The van der Waals surface area contributed by atoms with Crippen molar-refractivity contribution in [2.24, 2.45) is 5.92 Å². The minimum atomic E-state index is -0.104. The summed E-state index contributed by atoms with van der Waals surface area (Å²) in [5.41, 5.74) is 1.81. The van der Waals surface area contributed by atoms with Gasteiger partial charge < -0.3 is 9.15 Å². The number of oxazole rings is 1. The number of hydrogen-bond donors (Lipinski definition) is 0. The van der Waals surface area contributed by atoms with E-state index >= 15 is 0 Å². The molecule has 5 heteroatoms. The fourth-order valence-corrected chi connectivity index (χ4v) is 3.10. The molecule has 1 aromatic carbocycles. The number of hydrogen-bond acceptors (Lipinski definition) is 4. The first-order valence-electron chi connectivity index (χ1n) is 7.46. The van der Waals surface area contributed by atoms with Crippen LogP contribution in [0.1, 0.15) is 37.5 Å². The van der Waals surface area contributed by atoms with Gasteiger partial charge in [0.15, 0.2) is 5.89 Å². The second-order valence-electron chi connectivity index (χ2n) is 5.65. The highest BCUT2D eigenvalue weighted by molar-refractivity contribution is 6.30. The van der Waals surface area contributed by atoms with Crippen LogP contribution in [0.2, 0.25) is 5.02 Å². The third-order valence-electron chi connectivity index (χ3n) is 4.27. The van der Waals surface area contributed by atoms with Crippen LogP contribution in [0.4, 0.5) is 0 Å². The van der Waals surface area contributed by atoms with Crippen LogP contribution < -0.4 is 0 Å². The van der Waals surface area contributed by atoms with Gasteiger partial charge >= 0.3 is 5.97 Å². The molecular weight excluding hydrogens is 302 g/mol. The van der Waals surface area contributed by atoms with Crippen LogP contribution in [0.5, 0.6) is 0 Å². The number of rotatable bonds is 3. The van der Waals surface area contributed by atoms with Crippen molar-refractivity contribution in [2.45, 2.75) is 31.6 Å². The van der Waals surface area contributed by atoms with Crippen LogP contribution in [-0.2, 0) is 9.53 Å². The van der Waals surface area contributed by atoms with Gasteiger partial charge in [-0.1, -0.05) is 23.7 Å². The molecule has 0 aliphatic heterocycles. The Morgan fingerprint density at radius 1 is 1.23 bits per heavy atom. The van der Waals surface area contributed by atoms with Gasteiger partial charge in [0.2, 0.25) is 0 Å². The fraction of sp³-hybridized carbons (Fsp3) is 0.412. The molecule has 1 aromatic heterocycles. The number of ether oxygens (including phenoxy) is 1. The highest BCUT2D eigenvalue weighted by Crippen LogP contribution is 2.36. The van der Waals surface area contributed by atoms with Crippen LogP contribution >= 0.6 is 11.6 Å². The Morgan fingerprint density at radius 3 is 2.55 bits per heavy atom. The summed E-state index contributed by atoms with van der Waals surface area (Å²) in [6, 6.07) is 7.54. The number of carbonyl (C=O) groups is 1. The van der Waals surface area contributed by atoms with Crippen molar-refractivity contribution in [1.82, 2.24) is 4.98 Å². The summed E-state index contributed by atoms with van der Waals surface area (Å²) >= 11 is 5.90. The molecule has 0 N–H and O–H groups in total. The lowest BCUT2D eigenvalue weighted by Gasteiger charge is -2.24. The van der Waals surface area contributed by atoms with Gasteiger partial charge in [-0.3, -0.25) is 4.79 Å². The van der Waals surface area contributed by atoms with E-state index in [0.717, 1.165) is 42.8 Å². The van der Waals surface area contributed by atoms with E-state index in [1.807, 2.05) is 24.3 Å². The summed E-state index contributed by atoms with van der Waals surface area (Å²) in [6.45, 7) is 0. The third kappa shape index (κ3) is 3.17. The summed E-state index contributed by atoms with van der Waals surface area (Å²) in [5.74, 6) is 0.954. The molecule has 22 heavy (non-hydrogen) atoms. The second-order valence-corrected chi connectivity index (χ2v) is 6.09. The minimum absolute atomic E-state index is 0.0203. The number of methoxy groups -OCH3 is 1. The lowest BCUT2D eigenvalue weighted by atomic mass is 9.82. The zero-order valence-electron chi connectivity index (χ0n) is 12.4. The monoisotopic (exact) mass is 319 g/mol.